The Morgan fingerprint density at radius 3 is 3.07 bits per heavy atom. The maximum absolute atomic E-state index is 10.7. The molecule has 1 aliphatic carbocycles. The third-order valence-electron chi connectivity index (χ3n) is 2.55. The van der Waals surface area contributed by atoms with Crippen LogP contribution in [0, 0.1) is 5.41 Å². The molecule has 2 rings (SSSR count). The van der Waals surface area contributed by atoms with E-state index in [0.717, 1.165) is 6.54 Å². The average Bonchev–Trinajstić information content (AvgIpc) is 2.68. The molecule has 1 aromatic rings. The van der Waals surface area contributed by atoms with Gasteiger partial charge in [-0.3, -0.25) is 0 Å². The summed E-state index contributed by atoms with van der Waals surface area (Å²) in [5.74, 6) is -0.963. The van der Waals surface area contributed by atoms with E-state index in [-0.39, 0.29) is 5.69 Å². The Labute approximate surface area is 86.0 Å². The second kappa shape index (κ2) is 3.24. The number of carboxylic acids is 1. The number of hydrogen-bond acceptors (Lipinski definition) is 4. The minimum Gasteiger partial charge on any atom is -0.476 e. The monoisotopic (exact) mass is 212 g/mol. The first-order chi connectivity index (χ1) is 6.61. The van der Waals surface area contributed by atoms with E-state index >= 15 is 0 Å². The Morgan fingerprint density at radius 2 is 2.50 bits per heavy atom. The summed E-state index contributed by atoms with van der Waals surface area (Å²) in [5, 5.41) is 12.6. The Hall–Kier alpha value is -1.10. The lowest BCUT2D eigenvalue weighted by atomic mass is 10.1. The first kappa shape index (κ1) is 9.45. The van der Waals surface area contributed by atoms with Crippen molar-refractivity contribution in [3.8, 4) is 0 Å². The topological polar surface area (TPSA) is 62.2 Å². The Bertz CT molecular complexity index is 357. The van der Waals surface area contributed by atoms with Crippen LogP contribution >= 0.6 is 11.3 Å². The lowest BCUT2D eigenvalue weighted by Gasteiger charge is -2.09. The zero-order valence-electron chi connectivity index (χ0n) is 7.91. The van der Waals surface area contributed by atoms with Gasteiger partial charge in [0.2, 0.25) is 0 Å². The molecule has 0 radical (unpaired) electrons. The van der Waals surface area contributed by atoms with Crippen molar-refractivity contribution in [2.45, 2.75) is 19.8 Å². The standard InChI is InChI=1S/C9H12N2O2S/c1-9(2-3-9)4-10-7-6(8(12)13)11-5-14-7/h5,10H,2-4H2,1H3,(H,12,13). The summed E-state index contributed by atoms with van der Waals surface area (Å²) in [4.78, 5) is 14.5. The van der Waals surface area contributed by atoms with Crippen molar-refractivity contribution < 1.29 is 9.90 Å². The fourth-order valence-corrected chi connectivity index (χ4v) is 1.88. The van der Waals surface area contributed by atoms with Gasteiger partial charge in [0.1, 0.15) is 5.00 Å². The number of aromatic nitrogens is 1. The molecule has 0 unspecified atom stereocenters. The third kappa shape index (κ3) is 1.87. The molecule has 1 heterocycles. The molecule has 76 valence electrons. The molecule has 0 saturated heterocycles. The van der Waals surface area contributed by atoms with Crippen LogP contribution in [0.5, 0.6) is 0 Å². The fourth-order valence-electron chi connectivity index (χ4n) is 1.21. The molecule has 1 fully saturated rings. The van der Waals surface area contributed by atoms with Crippen LogP contribution in [0.25, 0.3) is 0 Å². The number of carbonyl (C=O) groups is 1. The number of anilines is 1. The van der Waals surface area contributed by atoms with Gasteiger partial charge < -0.3 is 10.4 Å². The van der Waals surface area contributed by atoms with Crippen LogP contribution in [0.15, 0.2) is 5.51 Å². The average molecular weight is 212 g/mol. The van der Waals surface area contributed by atoms with Crippen molar-refractivity contribution in [2.24, 2.45) is 5.41 Å². The van der Waals surface area contributed by atoms with Crippen LogP contribution in [0.1, 0.15) is 30.3 Å². The highest BCUT2D eigenvalue weighted by Gasteiger charge is 2.37. The van der Waals surface area contributed by atoms with Gasteiger partial charge in [-0.2, -0.15) is 0 Å². The minimum absolute atomic E-state index is 0.138. The van der Waals surface area contributed by atoms with Gasteiger partial charge in [-0.1, -0.05) is 6.92 Å². The van der Waals surface area contributed by atoms with Crippen LogP contribution in [-0.2, 0) is 0 Å². The van der Waals surface area contributed by atoms with E-state index in [4.69, 9.17) is 5.11 Å². The van der Waals surface area contributed by atoms with Gasteiger partial charge in [0.25, 0.3) is 0 Å². The van der Waals surface area contributed by atoms with Crippen LogP contribution < -0.4 is 5.32 Å². The summed E-state index contributed by atoms with van der Waals surface area (Å²) in [7, 11) is 0. The van der Waals surface area contributed by atoms with Gasteiger partial charge >= 0.3 is 5.97 Å². The van der Waals surface area contributed by atoms with E-state index in [2.05, 4.69) is 17.2 Å². The molecule has 4 nitrogen and oxygen atoms in total. The number of carboxylic acid groups (broad SMARTS) is 1. The lowest BCUT2D eigenvalue weighted by molar-refractivity contribution is 0.0692. The summed E-state index contributed by atoms with van der Waals surface area (Å²) in [6, 6.07) is 0. The Kier molecular flexibility index (Phi) is 2.19. The number of aromatic carboxylic acids is 1. The molecule has 0 spiro atoms. The molecule has 0 atom stereocenters. The Balaban J connectivity index is 2.01. The van der Waals surface area contributed by atoms with E-state index in [0.29, 0.717) is 10.4 Å². The zero-order chi connectivity index (χ0) is 10.2. The van der Waals surface area contributed by atoms with Gasteiger partial charge in [-0.05, 0) is 18.3 Å². The predicted molar refractivity (Wildman–Crippen MR) is 54.9 cm³/mol. The van der Waals surface area contributed by atoms with Crippen molar-refractivity contribution in [1.29, 1.82) is 0 Å². The van der Waals surface area contributed by atoms with E-state index in [1.54, 1.807) is 5.51 Å². The van der Waals surface area contributed by atoms with Crippen molar-refractivity contribution in [2.75, 3.05) is 11.9 Å². The van der Waals surface area contributed by atoms with Crippen molar-refractivity contribution in [3.05, 3.63) is 11.2 Å². The maximum atomic E-state index is 10.7. The van der Waals surface area contributed by atoms with Gasteiger partial charge in [0.05, 0.1) is 5.51 Å². The van der Waals surface area contributed by atoms with Gasteiger partial charge in [0.15, 0.2) is 5.69 Å². The molecule has 0 aromatic carbocycles. The largest absolute Gasteiger partial charge is 0.476 e. The molecular weight excluding hydrogens is 200 g/mol. The normalized spacial score (nSPS) is 17.8. The van der Waals surface area contributed by atoms with Crippen LogP contribution in [0.3, 0.4) is 0 Å². The molecule has 0 aliphatic heterocycles. The van der Waals surface area contributed by atoms with Gasteiger partial charge in [-0.25, -0.2) is 9.78 Å². The van der Waals surface area contributed by atoms with Crippen molar-refractivity contribution >= 4 is 22.3 Å². The predicted octanol–water partition coefficient (Wildman–Crippen LogP) is 2.05. The molecular formula is C9H12N2O2S. The second-order valence-corrected chi connectivity index (χ2v) is 4.85. The zero-order valence-corrected chi connectivity index (χ0v) is 8.73. The number of thiazole rings is 1. The summed E-state index contributed by atoms with van der Waals surface area (Å²) in [5.41, 5.74) is 2.07. The highest BCUT2D eigenvalue weighted by atomic mass is 32.1. The summed E-state index contributed by atoms with van der Waals surface area (Å²) < 4.78 is 0. The van der Waals surface area contributed by atoms with Crippen LogP contribution in [0.4, 0.5) is 5.00 Å². The smallest absolute Gasteiger partial charge is 0.357 e. The lowest BCUT2D eigenvalue weighted by Crippen LogP contribution is -2.13. The number of nitrogens with one attached hydrogen (secondary N) is 1. The van der Waals surface area contributed by atoms with E-state index < -0.39 is 5.97 Å². The van der Waals surface area contributed by atoms with E-state index in [1.165, 1.54) is 24.2 Å². The van der Waals surface area contributed by atoms with Crippen molar-refractivity contribution in [3.63, 3.8) is 0 Å². The highest BCUT2D eigenvalue weighted by molar-refractivity contribution is 7.14. The molecule has 1 aliphatic rings. The highest BCUT2D eigenvalue weighted by Crippen LogP contribution is 2.45. The molecule has 2 N–H and O–H groups in total. The summed E-state index contributed by atoms with van der Waals surface area (Å²) >= 11 is 1.34. The first-order valence-electron chi connectivity index (χ1n) is 4.51. The SMILES string of the molecule is CC1(CNc2scnc2C(=O)O)CC1. The molecule has 1 aromatic heterocycles. The second-order valence-electron chi connectivity index (χ2n) is 4.00. The van der Waals surface area contributed by atoms with Gasteiger partial charge in [-0.15, -0.1) is 11.3 Å². The first-order valence-corrected chi connectivity index (χ1v) is 5.39. The maximum Gasteiger partial charge on any atom is 0.357 e. The summed E-state index contributed by atoms with van der Waals surface area (Å²) in [6.45, 7) is 3.04. The Morgan fingerprint density at radius 1 is 1.79 bits per heavy atom. The molecule has 0 bridgehead atoms. The quantitative estimate of drug-likeness (QED) is 0.801. The summed E-state index contributed by atoms with van der Waals surface area (Å²) in [6.07, 6.45) is 2.45. The number of rotatable bonds is 4. The minimum atomic E-state index is -0.963. The fraction of sp³-hybridized carbons (Fsp3) is 0.556. The molecule has 1 saturated carbocycles. The third-order valence-corrected chi connectivity index (χ3v) is 3.33. The van der Waals surface area contributed by atoms with Crippen LogP contribution in [0.2, 0.25) is 0 Å². The number of nitrogens with zero attached hydrogens (tertiary/aromatic N) is 1. The van der Waals surface area contributed by atoms with Crippen molar-refractivity contribution in [1.82, 2.24) is 4.98 Å². The van der Waals surface area contributed by atoms with Gasteiger partial charge in [0, 0.05) is 6.54 Å². The number of hydrogen-bond donors (Lipinski definition) is 2. The molecule has 0 amide bonds. The van der Waals surface area contributed by atoms with E-state index in [1.807, 2.05) is 0 Å². The van der Waals surface area contributed by atoms with Crippen LogP contribution in [-0.4, -0.2) is 22.6 Å². The molecule has 14 heavy (non-hydrogen) atoms. The molecule has 5 heteroatoms. The van der Waals surface area contributed by atoms with E-state index in [9.17, 15) is 4.79 Å².